The summed E-state index contributed by atoms with van der Waals surface area (Å²) in [5, 5.41) is 6.71. The molecular weight excluding hydrogens is 330 g/mol. The molecule has 7 heteroatoms. The average molecular weight is 349 g/mol. The van der Waals surface area contributed by atoms with Gasteiger partial charge in [-0.2, -0.15) is 11.3 Å². The van der Waals surface area contributed by atoms with Crippen molar-refractivity contribution < 1.29 is 9.59 Å². The summed E-state index contributed by atoms with van der Waals surface area (Å²) in [6, 6.07) is 1.85. The molecule has 0 saturated carbocycles. The topological polar surface area (TPSA) is 53.5 Å². The van der Waals surface area contributed by atoms with Crippen molar-refractivity contribution in [2.75, 3.05) is 26.2 Å². The Kier molecular flexibility index (Phi) is 5.07. The average Bonchev–Trinajstić information content (AvgIpc) is 3.13. The minimum absolute atomic E-state index is 0.0654. The van der Waals surface area contributed by atoms with Crippen LogP contribution in [-0.4, -0.2) is 52.8 Å². The van der Waals surface area contributed by atoms with Gasteiger partial charge >= 0.3 is 0 Å². The monoisotopic (exact) mass is 349 g/mol. The van der Waals surface area contributed by atoms with E-state index in [1.54, 1.807) is 11.3 Å². The summed E-state index contributed by atoms with van der Waals surface area (Å²) >= 11 is 3.09. The Labute approximate surface area is 143 Å². The fourth-order valence-electron chi connectivity index (χ4n) is 2.69. The maximum absolute atomic E-state index is 12.4. The number of thiophene rings is 1. The molecule has 0 spiro atoms. The lowest BCUT2D eigenvalue weighted by atomic mass is 10.3. The standard InChI is InChI=1S/C16H19N3O2S2/c1-12-17-14(11-23-12)9-15(20)18-4-2-5-19(7-6-18)16(21)13-3-8-22-10-13/h3,8,10-11H,2,4-7,9H2,1H3. The molecule has 2 aromatic heterocycles. The molecule has 1 aliphatic rings. The van der Waals surface area contributed by atoms with Gasteiger partial charge in [0.1, 0.15) is 0 Å². The third-order valence-corrected chi connectivity index (χ3v) is 5.41. The van der Waals surface area contributed by atoms with E-state index in [4.69, 9.17) is 0 Å². The van der Waals surface area contributed by atoms with E-state index in [2.05, 4.69) is 4.98 Å². The maximum atomic E-state index is 12.4. The molecule has 0 bridgehead atoms. The van der Waals surface area contributed by atoms with Crippen molar-refractivity contribution >= 4 is 34.5 Å². The molecule has 1 aliphatic heterocycles. The molecule has 5 nitrogen and oxygen atoms in total. The van der Waals surface area contributed by atoms with Crippen LogP contribution in [0.1, 0.15) is 27.5 Å². The van der Waals surface area contributed by atoms with Gasteiger partial charge in [-0.05, 0) is 24.8 Å². The van der Waals surface area contributed by atoms with E-state index >= 15 is 0 Å². The van der Waals surface area contributed by atoms with Gasteiger partial charge in [-0.25, -0.2) is 4.98 Å². The molecule has 1 fully saturated rings. The van der Waals surface area contributed by atoms with Gasteiger partial charge in [0.2, 0.25) is 5.91 Å². The molecule has 3 heterocycles. The lowest BCUT2D eigenvalue weighted by molar-refractivity contribution is -0.130. The second-order valence-electron chi connectivity index (χ2n) is 5.57. The highest BCUT2D eigenvalue weighted by molar-refractivity contribution is 7.09. The summed E-state index contributed by atoms with van der Waals surface area (Å²) in [7, 11) is 0. The van der Waals surface area contributed by atoms with E-state index in [1.165, 1.54) is 11.3 Å². The van der Waals surface area contributed by atoms with E-state index in [0.717, 1.165) is 22.7 Å². The summed E-state index contributed by atoms with van der Waals surface area (Å²) in [4.78, 5) is 32.9. The molecule has 2 aromatic rings. The second kappa shape index (κ2) is 7.23. The number of hydrogen-bond acceptors (Lipinski definition) is 5. The molecule has 1 saturated heterocycles. The Morgan fingerprint density at radius 2 is 1.96 bits per heavy atom. The number of carbonyl (C=O) groups is 2. The number of aromatic nitrogens is 1. The Morgan fingerprint density at radius 3 is 2.65 bits per heavy atom. The van der Waals surface area contributed by atoms with Crippen molar-refractivity contribution in [3.63, 3.8) is 0 Å². The molecule has 2 amide bonds. The minimum atomic E-state index is 0.0654. The first kappa shape index (κ1) is 16.1. The molecule has 0 aliphatic carbocycles. The minimum Gasteiger partial charge on any atom is -0.341 e. The zero-order valence-corrected chi connectivity index (χ0v) is 14.7. The van der Waals surface area contributed by atoms with Crippen LogP contribution in [0.25, 0.3) is 0 Å². The third kappa shape index (κ3) is 3.97. The van der Waals surface area contributed by atoms with Gasteiger partial charge in [0, 0.05) is 36.9 Å². The van der Waals surface area contributed by atoms with Crippen LogP contribution >= 0.6 is 22.7 Å². The molecule has 0 N–H and O–H groups in total. The zero-order valence-electron chi connectivity index (χ0n) is 13.0. The Balaban J connectivity index is 1.57. The molecular formula is C16H19N3O2S2. The highest BCUT2D eigenvalue weighted by Crippen LogP contribution is 2.14. The number of aryl methyl sites for hydroxylation is 1. The highest BCUT2D eigenvalue weighted by atomic mass is 32.1. The summed E-state index contributed by atoms with van der Waals surface area (Å²) < 4.78 is 0. The molecule has 0 radical (unpaired) electrons. The van der Waals surface area contributed by atoms with Gasteiger partial charge in [-0.15, -0.1) is 11.3 Å². The van der Waals surface area contributed by atoms with Crippen molar-refractivity contribution in [2.45, 2.75) is 19.8 Å². The molecule has 0 aromatic carbocycles. The molecule has 23 heavy (non-hydrogen) atoms. The fourth-order valence-corrected chi connectivity index (χ4v) is 3.94. The summed E-state index contributed by atoms with van der Waals surface area (Å²) in [5.74, 6) is 0.163. The SMILES string of the molecule is Cc1nc(CC(=O)N2CCCN(C(=O)c3ccsc3)CC2)cs1. The molecule has 0 unspecified atom stereocenters. The summed E-state index contributed by atoms with van der Waals surface area (Å²) in [6.45, 7) is 4.54. The Hall–Kier alpha value is -1.73. The van der Waals surface area contributed by atoms with Crippen molar-refractivity contribution in [2.24, 2.45) is 0 Å². The van der Waals surface area contributed by atoms with Crippen LogP contribution < -0.4 is 0 Å². The fraction of sp³-hybridized carbons (Fsp3) is 0.438. The molecule has 122 valence electrons. The first-order valence-electron chi connectivity index (χ1n) is 7.64. The predicted molar refractivity (Wildman–Crippen MR) is 92.0 cm³/mol. The quantitative estimate of drug-likeness (QED) is 0.855. The van der Waals surface area contributed by atoms with Crippen molar-refractivity contribution in [3.05, 3.63) is 38.5 Å². The van der Waals surface area contributed by atoms with E-state index < -0.39 is 0 Å². The summed E-state index contributed by atoms with van der Waals surface area (Å²) in [5.41, 5.74) is 1.58. The van der Waals surface area contributed by atoms with Gasteiger partial charge in [-0.3, -0.25) is 9.59 Å². The predicted octanol–water partition coefficient (Wildman–Crippen LogP) is 2.43. The van der Waals surface area contributed by atoms with Crippen LogP contribution in [-0.2, 0) is 11.2 Å². The molecule has 0 atom stereocenters. The Morgan fingerprint density at radius 1 is 1.17 bits per heavy atom. The van der Waals surface area contributed by atoms with Gasteiger partial charge in [-0.1, -0.05) is 0 Å². The lowest BCUT2D eigenvalue weighted by Crippen LogP contribution is -2.37. The van der Waals surface area contributed by atoms with E-state index in [9.17, 15) is 9.59 Å². The van der Waals surface area contributed by atoms with E-state index in [0.29, 0.717) is 32.6 Å². The third-order valence-electron chi connectivity index (χ3n) is 3.90. The van der Waals surface area contributed by atoms with Crippen molar-refractivity contribution in [1.82, 2.24) is 14.8 Å². The van der Waals surface area contributed by atoms with Gasteiger partial charge in [0.05, 0.1) is 22.7 Å². The normalized spacial score (nSPS) is 15.5. The van der Waals surface area contributed by atoms with Gasteiger partial charge in [0.15, 0.2) is 0 Å². The molecule has 3 rings (SSSR count). The van der Waals surface area contributed by atoms with Gasteiger partial charge < -0.3 is 9.80 Å². The van der Waals surface area contributed by atoms with E-state index in [1.807, 2.05) is 38.9 Å². The lowest BCUT2D eigenvalue weighted by Gasteiger charge is -2.21. The number of hydrogen-bond donors (Lipinski definition) is 0. The number of amides is 2. The van der Waals surface area contributed by atoms with Crippen molar-refractivity contribution in [3.8, 4) is 0 Å². The van der Waals surface area contributed by atoms with Crippen LogP contribution in [0.3, 0.4) is 0 Å². The van der Waals surface area contributed by atoms with Crippen molar-refractivity contribution in [1.29, 1.82) is 0 Å². The number of rotatable bonds is 3. The van der Waals surface area contributed by atoms with Crippen LogP contribution in [0.4, 0.5) is 0 Å². The van der Waals surface area contributed by atoms with Crippen LogP contribution in [0.2, 0.25) is 0 Å². The highest BCUT2D eigenvalue weighted by Gasteiger charge is 2.23. The van der Waals surface area contributed by atoms with Crippen LogP contribution in [0, 0.1) is 6.92 Å². The van der Waals surface area contributed by atoms with Crippen LogP contribution in [0.5, 0.6) is 0 Å². The first-order valence-corrected chi connectivity index (χ1v) is 9.46. The Bertz CT molecular complexity index is 681. The van der Waals surface area contributed by atoms with E-state index in [-0.39, 0.29) is 11.8 Å². The number of thiazole rings is 1. The zero-order chi connectivity index (χ0) is 16.2. The number of nitrogens with zero attached hydrogens (tertiary/aromatic N) is 3. The summed E-state index contributed by atoms with van der Waals surface area (Å²) in [6.07, 6.45) is 1.17. The smallest absolute Gasteiger partial charge is 0.254 e. The first-order chi connectivity index (χ1) is 11.1. The largest absolute Gasteiger partial charge is 0.341 e. The van der Waals surface area contributed by atoms with Gasteiger partial charge in [0.25, 0.3) is 5.91 Å². The number of carbonyl (C=O) groups excluding carboxylic acids is 2. The second-order valence-corrected chi connectivity index (χ2v) is 7.42. The van der Waals surface area contributed by atoms with Crippen LogP contribution in [0.15, 0.2) is 22.2 Å². The maximum Gasteiger partial charge on any atom is 0.254 e.